The average molecular weight is 501 g/mol. The zero-order chi connectivity index (χ0) is 25.7. The summed E-state index contributed by atoms with van der Waals surface area (Å²) in [6.45, 7) is 6.83. The van der Waals surface area contributed by atoms with Gasteiger partial charge in [0, 0.05) is 20.2 Å². The van der Waals surface area contributed by atoms with E-state index in [1.165, 1.54) is 24.3 Å². The minimum atomic E-state index is -0.771. The Labute approximate surface area is 204 Å². The predicted molar refractivity (Wildman–Crippen MR) is 129 cm³/mol. The Morgan fingerprint density at radius 1 is 0.571 bits per heavy atom. The van der Waals surface area contributed by atoms with Gasteiger partial charge >= 0.3 is 23.9 Å². The molecule has 3 aromatic rings. The highest BCUT2D eigenvalue weighted by Crippen LogP contribution is 2.30. The van der Waals surface area contributed by atoms with Crippen LogP contribution in [0.25, 0.3) is 20.2 Å². The number of carbonyl (C=O) groups excluding carboxylic acids is 4. The molecular formula is C25H24O9S. The van der Waals surface area contributed by atoms with Gasteiger partial charge in [0.1, 0.15) is 0 Å². The Morgan fingerprint density at radius 3 is 1.14 bits per heavy atom. The molecule has 9 nitrogen and oxygen atoms in total. The number of rotatable bonds is 8. The topological polar surface area (TPSA) is 122 Å². The normalized spacial score (nSPS) is 10.7. The minimum Gasteiger partial charge on any atom is -0.462 e. The Bertz CT molecular complexity index is 1290. The minimum absolute atomic E-state index is 0.0402. The number of benzene rings is 2. The van der Waals surface area contributed by atoms with Gasteiger partial charge in [-0.25, -0.2) is 19.2 Å². The van der Waals surface area contributed by atoms with Gasteiger partial charge in [-0.15, -0.1) is 11.3 Å². The summed E-state index contributed by atoms with van der Waals surface area (Å²) in [5.41, 5.74) is -0.774. The number of fused-ring (bicyclic) bond motifs is 2. The third kappa shape index (κ3) is 5.17. The van der Waals surface area contributed by atoms with E-state index in [4.69, 9.17) is 18.9 Å². The van der Waals surface area contributed by atoms with Crippen LogP contribution in [-0.2, 0) is 18.9 Å². The van der Waals surface area contributed by atoms with Gasteiger partial charge in [0.05, 0.1) is 48.7 Å². The predicted octanol–water partition coefficient (Wildman–Crippen LogP) is 4.12. The van der Waals surface area contributed by atoms with Crippen LogP contribution in [0.5, 0.6) is 0 Å². The Hall–Kier alpha value is -3.79. The molecule has 10 heteroatoms. The molecule has 0 aliphatic heterocycles. The van der Waals surface area contributed by atoms with Crippen molar-refractivity contribution in [2.24, 2.45) is 0 Å². The molecule has 0 aliphatic rings. The zero-order valence-corrected chi connectivity index (χ0v) is 20.5. The monoisotopic (exact) mass is 500 g/mol. The van der Waals surface area contributed by atoms with E-state index in [9.17, 15) is 24.0 Å². The molecule has 2 aromatic carbocycles. The third-order valence-electron chi connectivity index (χ3n) is 4.93. The third-order valence-corrected chi connectivity index (χ3v) is 6.05. The quantitative estimate of drug-likeness (QED) is 0.255. The first-order valence-electron chi connectivity index (χ1n) is 11.0. The molecule has 0 bridgehead atoms. The molecule has 3 rings (SSSR count). The molecule has 0 spiro atoms. The summed E-state index contributed by atoms with van der Waals surface area (Å²) in [4.78, 5) is 63.6. The Kier molecular flexibility index (Phi) is 8.18. The van der Waals surface area contributed by atoms with Crippen LogP contribution in [0.4, 0.5) is 0 Å². The lowest BCUT2D eigenvalue weighted by Gasteiger charge is -2.12. The summed E-state index contributed by atoms with van der Waals surface area (Å²) in [5.74, 6) is -3.01. The maximum Gasteiger partial charge on any atom is 0.339 e. The van der Waals surface area contributed by atoms with Crippen molar-refractivity contribution >= 4 is 55.4 Å². The van der Waals surface area contributed by atoms with Crippen molar-refractivity contribution in [3.05, 3.63) is 56.7 Å². The van der Waals surface area contributed by atoms with Crippen LogP contribution in [0.2, 0.25) is 0 Å². The smallest absolute Gasteiger partial charge is 0.339 e. The van der Waals surface area contributed by atoms with Crippen LogP contribution in [0, 0.1) is 0 Å². The number of ether oxygens (including phenoxy) is 4. The molecule has 0 radical (unpaired) electrons. The van der Waals surface area contributed by atoms with Crippen LogP contribution in [0.1, 0.15) is 69.1 Å². The second-order valence-electron chi connectivity index (χ2n) is 7.10. The molecule has 0 N–H and O–H groups in total. The number of carbonyl (C=O) groups is 4. The van der Waals surface area contributed by atoms with Crippen molar-refractivity contribution in [1.29, 1.82) is 0 Å². The van der Waals surface area contributed by atoms with E-state index in [-0.39, 0.29) is 59.5 Å². The molecule has 1 heterocycles. The molecule has 0 saturated heterocycles. The molecular weight excluding hydrogens is 476 g/mol. The first-order chi connectivity index (χ1) is 16.8. The van der Waals surface area contributed by atoms with Crippen molar-refractivity contribution in [3.8, 4) is 0 Å². The largest absolute Gasteiger partial charge is 0.462 e. The van der Waals surface area contributed by atoms with Crippen molar-refractivity contribution in [1.82, 2.24) is 0 Å². The van der Waals surface area contributed by atoms with Gasteiger partial charge in [-0.3, -0.25) is 4.79 Å². The van der Waals surface area contributed by atoms with Crippen molar-refractivity contribution in [3.63, 3.8) is 0 Å². The summed E-state index contributed by atoms with van der Waals surface area (Å²) >= 11 is 1.11. The van der Waals surface area contributed by atoms with Crippen molar-refractivity contribution < 1.29 is 38.1 Å². The van der Waals surface area contributed by atoms with Gasteiger partial charge in [0.25, 0.3) is 0 Å². The van der Waals surface area contributed by atoms with Crippen LogP contribution < -0.4 is 5.43 Å². The lowest BCUT2D eigenvalue weighted by Crippen LogP contribution is -2.16. The maximum atomic E-state index is 13.4. The van der Waals surface area contributed by atoms with E-state index in [0.717, 1.165) is 11.3 Å². The maximum absolute atomic E-state index is 13.4. The summed E-state index contributed by atoms with van der Waals surface area (Å²) in [6.07, 6.45) is 0. The van der Waals surface area contributed by atoms with E-state index in [1.54, 1.807) is 27.7 Å². The van der Waals surface area contributed by atoms with Gasteiger partial charge < -0.3 is 18.9 Å². The Morgan fingerprint density at radius 2 is 0.857 bits per heavy atom. The molecule has 35 heavy (non-hydrogen) atoms. The first kappa shape index (κ1) is 25.8. The van der Waals surface area contributed by atoms with Crippen LogP contribution in [-0.4, -0.2) is 50.3 Å². The summed E-state index contributed by atoms with van der Waals surface area (Å²) in [5, 5.41) is 0.301. The van der Waals surface area contributed by atoms with E-state index in [0.29, 0.717) is 9.40 Å². The molecule has 0 atom stereocenters. The average Bonchev–Trinajstić information content (AvgIpc) is 2.83. The molecule has 1 aromatic heterocycles. The fourth-order valence-corrected chi connectivity index (χ4v) is 4.57. The SMILES string of the molecule is CCOC(=O)c1cc2sc3cc(C(=O)OCC)c(C(=O)OCC)cc3c(=O)c2cc1C(=O)OCC. The second kappa shape index (κ2) is 11.1. The van der Waals surface area contributed by atoms with Gasteiger partial charge in [0.2, 0.25) is 0 Å². The fraction of sp³-hybridized carbons (Fsp3) is 0.320. The molecule has 0 unspecified atom stereocenters. The van der Waals surface area contributed by atoms with Crippen LogP contribution in [0.15, 0.2) is 29.1 Å². The standard InChI is InChI=1S/C25H24O9S/c1-5-31-22(27)13-9-17-19(11-15(13)24(29)33-7-3)35-20-12-16(25(30)34-8-4)14(23(28)32-6-2)10-18(20)21(17)26/h9-12H,5-8H2,1-4H3. The lowest BCUT2D eigenvalue weighted by molar-refractivity contribution is 0.0479. The van der Waals surface area contributed by atoms with E-state index >= 15 is 0 Å². The molecule has 184 valence electrons. The highest BCUT2D eigenvalue weighted by molar-refractivity contribution is 7.24. The zero-order valence-electron chi connectivity index (χ0n) is 19.7. The second-order valence-corrected chi connectivity index (χ2v) is 8.18. The van der Waals surface area contributed by atoms with Gasteiger partial charge in [-0.2, -0.15) is 0 Å². The molecule has 0 saturated carbocycles. The highest BCUT2D eigenvalue weighted by atomic mass is 32.1. The number of hydrogen-bond donors (Lipinski definition) is 0. The van der Waals surface area contributed by atoms with Crippen molar-refractivity contribution in [2.45, 2.75) is 27.7 Å². The fourth-order valence-electron chi connectivity index (χ4n) is 3.46. The summed E-state index contributed by atoms with van der Waals surface area (Å²) in [7, 11) is 0. The molecule has 0 fully saturated rings. The Balaban J connectivity index is 2.37. The lowest BCUT2D eigenvalue weighted by atomic mass is 10.0. The summed E-state index contributed by atoms with van der Waals surface area (Å²) < 4.78 is 21.0. The van der Waals surface area contributed by atoms with Crippen LogP contribution in [0.3, 0.4) is 0 Å². The van der Waals surface area contributed by atoms with Gasteiger partial charge in [-0.1, -0.05) is 0 Å². The molecule has 0 amide bonds. The van der Waals surface area contributed by atoms with E-state index in [2.05, 4.69) is 0 Å². The van der Waals surface area contributed by atoms with Gasteiger partial charge in [0.15, 0.2) is 5.43 Å². The highest BCUT2D eigenvalue weighted by Gasteiger charge is 2.25. The molecule has 0 aliphatic carbocycles. The summed E-state index contributed by atoms with van der Waals surface area (Å²) in [6, 6.07) is 5.38. The van der Waals surface area contributed by atoms with E-state index < -0.39 is 29.3 Å². The van der Waals surface area contributed by atoms with Crippen molar-refractivity contribution in [2.75, 3.05) is 26.4 Å². The number of hydrogen-bond acceptors (Lipinski definition) is 10. The van der Waals surface area contributed by atoms with E-state index in [1.807, 2.05) is 0 Å². The van der Waals surface area contributed by atoms with Gasteiger partial charge in [-0.05, 0) is 52.0 Å². The number of esters is 4. The van der Waals surface area contributed by atoms with Crippen LogP contribution >= 0.6 is 11.3 Å². The first-order valence-corrected chi connectivity index (χ1v) is 11.9.